The van der Waals surface area contributed by atoms with Gasteiger partial charge >= 0.3 is 6.01 Å². The number of fused-ring (bicyclic) bond motifs is 1. The van der Waals surface area contributed by atoms with E-state index in [0.29, 0.717) is 48.3 Å². The fourth-order valence-corrected chi connectivity index (χ4v) is 4.44. The van der Waals surface area contributed by atoms with Gasteiger partial charge < -0.3 is 19.6 Å². The summed E-state index contributed by atoms with van der Waals surface area (Å²) >= 11 is 0. The van der Waals surface area contributed by atoms with Gasteiger partial charge in [0.05, 0.1) is 6.61 Å². The number of aromatic nitrogens is 1. The lowest BCUT2D eigenvalue weighted by molar-refractivity contribution is -0.118. The molecular weight excluding hydrogens is 420 g/mol. The molecule has 1 aliphatic heterocycles. The van der Waals surface area contributed by atoms with Gasteiger partial charge in [-0.1, -0.05) is 32.0 Å². The van der Waals surface area contributed by atoms with Crippen LogP contribution in [0.4, 0.5) is 6.01 Å². The van der Waals surface area contributed by atoms with Crippen molar-refractivity contribution >= 4 is 28.9 Å². The molecule has 0 spiro atoms. The fourth-order valence-electron chi connectivity index (χ4n) is 4.44. The van der Waals surface area contributed by atoms with Gasteiger partial charge in [0, 0.05) is 17.7 Å². The summed E-state index contributed by atoms with van der Waals surface area (Å²) in [4.78, 5) is 22.5. The molecule has 2 aliphatic rings. The lowest BCUT2D eigenvalue weighted by Crippen LogP contribution is -2.41. The molecule has 0 fully saturated rings. The molecule has 1 aliphatic carbocycles. The number of oxazole rings is 1. The maximum absolute atomic E-state index is 13.2. The number of hydrogen-bond donors (Lipinski definition) is 3. The number of allylic oxidation sites excluding steroid dienone is 1. The van der Waals surface area contributed by atoms with Crippen LogP contribution >= 0.6 is 0 Å². The Morgan fingerprint density at radius 2 is 2.06 bits per heavy atom. The van der Waals surface area contributed by atoms with E-state index in [1.807, 2.05) is 31.2 Å². The number of phenols is 1. The SMILES string of the molecule is CCOc1cc([C@@H]2N=C(Nc3nc4ccccc4o3)NC3=C2C(=O)CC(C)(C)C3)ccc1O. The molecular formula is C25H26N4O4. The maximum Gasteiger partial charge on any atom is 0.302 e. The number of ketones is 1. The number of ether oxygens (including phenoxy) is 1. The average molecular weight is 447 g/mol. The molecule has 33 heavy (non-hydrogen) atoms. The molecule has 170 valence electrons. The van der Waals surface area contributed by atoms with Crippen molar-refractivity contribution in [3.05, 3.63) is 59.3 Å². The summed E-state index contributed by atoms with van der Waals surface area (Å²) in [5.74, 6) is 0.924. The Bertz CT molecular complexity index is 1270. The highest BCUT2D eigenvalue weighted by atomic mass is 16.5. The number of Topliss-reactive ketones (excluding diaryl/α,β-unsaturated/α-hetero) is 1. The van der Waals surface area contributed by atoms with Gasteiger partial charge in [0.2, 0.25) is 5.96 Å². The van der Waals surface area contributed by atoms with E-state index in [4.69, 9.17) is 14.1 Å². The number of anilines is 1. The van der Waals surface area contributed by atoms with Crippen molar-refractivity contribution in [1.29, 1.82) is 0 Å². The first-order valence-electron chi connectivity index (χ1n) is 11.0. The van der Waals surface area contributed by atoms with Crippen LogP contribution in [-0.4, -0.2) is 28.4 Å². The summed E-state index contributed by atoms with van der Waals surface area (Å²) < 4.78 is 11.4. The molecule has 0 saturated heterocycles. The number of aliphatic imine (C=N–C) groups is 1. The summed E-state index contributed by atoms with van der Waals surface area (Å²) in [6, 6.07) is 12.4. The number of carbonyl (C=O) groups is 1. The van der Waals surface area contributed by atoms with Crippen LogP contribution in [0.1, 0.15) is 45.2 Å². The normalized spacial score (nSPS) is 19.7. The predicted octanol–water partition coefficient (Wildman–Crippen LogP) is 4.69. The van der Waals surface area contributed by atoms with E-state index >= 15 is 0 Å². The van der Waals surface area contributed by atoms with E-state index in [1.54, 1.807) is 18.2 Å². The molecule has 0 radical (unpaired) electrons. The van der Waals surface area contributed by atoms with Crippen molar-refractivity contribution in [2.24, 2.45) is 10.4 Å². The number of para-hydroxylation sites is 2. The van der Waals surface area contributed by atoms with E-state index in [-0.39, 0.29) is 16.9 Å². The molecule has 0 amide bonds. The van der Waals surface area contributed by atoms with Crippen LogP contribution in [0.2, 0.25) is 0 Å². The van der Waals surface area contributed by atoms with Crippen molar-refractivity contribution in [1.82, 2.24) is 10.3 Å². The number of rotatable bonds is 4. The summed E-state index contributed by atoms with van der Waals surface area (Å²) in [6.45, 7) is 6.43. The topological polar surface area (TPSA) is 109 Å². The van der Waals surface area contributed by atoms with Crippen molar-refractivity contribution in [3.63, 3.8) is 0 Å². The molecule has 2 heterocycles. The number of guanidine groups is 1. The molecule has 0 unspecified atom stereocenters. The highest BCUT2D eigenvalue weighted by Gasteiger charge is 2.39. The minimum Gasteiger partial charge on any atom is -0.504 e. The highest BCUT2D eigenvalue weighted by molar-refractivity contribution is 6.03. The van der Waals surface area contributed by atoms with Gasteiger partial charge in [-0.25, -0.2) is 4.99 Å². The van der Waals surface area contributed by atoms with Crippen LogP contribution in [0.3, 0.4) is 0 Å². The number of nitrogens with zero attached hydrogens (tertiary/aromatic N) is 2. The van der Waals surface area contributed by atoms with Crippen LogP contribution in [0, 0.1) is 5.41 Å². The number of aromatic hydroxyl groups is 1. The first kappa shape index (κ1) is 21.1. The number of hydrogen-bond acceptors (Lipinski definition) is 8. The zero-order valence-corrected chi connectivity index (χ0v) is 18.8. The van der Waals surface area contributed by atoms with Crippen molar-refractivity contribution in [2.45, 2.75) is 39.7 Å². The van der Waals surface area contributed by atoms with Gasteiger partial charge in [0.1, 0.15) is 11.6 Å². The summed E-state index contributed by atoms with van der Waals surface area (Å²) in [5.41, 5.74) is 3.48. The van der Waals surface area contributed by atoms with Crippen molar-refractivity contribution < 1.29 is 19.1 Å². The molecule has 3 N–H and O–H groups in total. The van der Waals surface area contributed by atoms with Crippen LogP contribution in [0.25, 0.3) is 11.1 Å². The third-order valence-electron chi connectivity index (χ3n) is 5.84. The number of benzene rings is 2. The minimum atomic E-state index is -0.545. The minimum absolute atomic E-state index is 0.0497. The lowest BCUT2D eigenvalue weighted by atomic mass is 9.73. The number of carbonyl (C=O) groups excluding carboxylic acids is 1. The Kier molecular flexibility index (Phi) is 5.08. The molecule has 1 aromatic heterocycles. The maximum atomic E-state index is 13.2. The van der Waals surface area contributed by atoms with Crippen LogP contribution in [-0.2, 0) is 4.79 Å². The van der Waals surface area contributed by atoms with E-state index in [9.17, 15) is 9.90 Å². The second-order valence-electron chi connectivity index (χ2n) is 9.11. The third kappa shape index (κ3) is 4.04. The van der Waals surface area contributed by atoms with E-state index in [2.05, 4.69) is 29.5 Å². The molecule has 8 nitrogen and oxygen atoms in total. The smallest absolute Gasteiger partial charge is 0.302 e. The largest absolute Gasteiger partial charge is 0.504 e. The van der Waals surface area contributed by atoms with Crippen molar-refractivity contribution in [3.8, 4) is 11.5 Å². The van der Waals surface area contributed by atoms with Gasteiger partial charge in [-0.2, -0.15) is 4.98 Å². The Labute approximate surface area is 191 Å². The number of phenolic OH excluding ortho intramolecular Hbond substituents is 1. The number of nitrogens with one attached hydrogen (secondary N) is 2. The van der Waals surface area contributed by atoms with Crippen LogP contribution in [0.5, 0.6) is 11.5 Å². The zero-order chi connectivity index (χ0) is 23.2. The quantitative estimate of drug-likeness (QED) is 0.533. The molecule has 0 saturated carbocycles. The molecule has 5 rings (SSSR count). The summed E-state index contributed by atoms with van der Waals surface area (Å²) in [6.07, 6.45) is 1.15. The fraction of sp³-hybridized carbons (Fsp3) is 0.320. The molecule has 8 heteroatoms. The van der Waals surface area contributed by atoms with Gasteiger partial charge in [-0.05, 0) is 48.6 Å². The Morgan fingerprint density at radius 3 is 2.85 bits per heavy atom. The van der Waals surface area contributed by atoms with Gasteiger partial charge in [-0.15, -0.1) is 0 Å². The van der Waals surface area contributed by atoms with Crippen molar-refractivity contribution in [2.75, 3.05) is 11.9 Å². The summed E-state index contributed by atoms with van der Waals surface area (Å²) in [5, 5.41) is 16.6. The second-order valence-corrected chi connectivity index (χ2v) is 9.11. The van der Waals surface area contributed by atoms with Crippen LogP contribution in [0.15, 0.2) is 63.1 Å². The zero-order valence-electron chi connectivity index (χ0n) is 18.8. The molecule has 3 aromatic rings. The molecule has 1 atom stereocenters. The molecule has 2 aromatic carbocycles. The highest BCUT2D eigenvalue weighted by Crippen LogP contribution is 2.44. The van der Waals surface area contributed by atoms with Gasteiger partial charge in [0.15, 0.2) is 22.9 Å². The predicted molar refractivity (Wildman–Crippen MR) is 125 cm³/mol. The third-order valence-corrected chi connectivity index (χ3v) is 5.84. The van der Waals surface area contributed by atoms with Gasteiger partial charge in [-0.3, -0.25) is 10.1 Å². The second kappa shape index (κ2) is 7.95. The Morgan fingerprint density at radius 1 is 1.24 bits per heavy atom. The van der Waals surface area contributed by atoms with E-state index in [0.717, 1.165) is 16.8 Å². The molecule has 0 bridgehead atoms. The Hall–Kier alpha value is -3.81. The monoisotopic (exact) mass is 446 g/mol. The van der Waals surface area contributed by atoms with E-state index < -0.39 is 6.04 Å². The Balaban J connectivity index is 1.56. The van der Waals surface area contributed by atoms with E-state index in [1.165, 1.54) is 0 Å². The first-order valence-corrected chi connectivity index (χ1v) is 11.0. The lowest BCUT2D eigenvalue weighted by Gasteiger charge is -2.37. The standard InChI is InChI=1S/C25H26N4O4/c1-4-32-20-11-14(9-10-17(20)30)22-21-16(12-25(2,3)13-18(21)31)26-23(28-22)29-24-27-15-7-5-6-8-19(15)33-24/h5-11,22,30H,4,12-13H2,1-3H3,(H2,26,27,28,29)/t22-/m0/s1. The first-order chi connectivity index (χ1) is 15.8. The summed E-state index contributed by atoms with van der Waals surface area (Å²) in [7, 11) is 0. The van der Waals surface area contributed by atoms with Gasteiger partial charge in [0.25, 0.3) is 0 Å². The van der Waals surface area contributed by atoms with Crippen LogP contribution < -0.4 is 15.4 Å². The average Bonchev–Trinajstić information content (AvgIpc) is 3.16.